The van der Waals surface area contributed by atoms with Gasteiger partial charge in [-0.15, -0.1) is 0 Å². The maximum atomic E-state index is 13.9. The first-order valence-electron chi connectivity index (χ1n) is 10.5. The summed E-state index contributed by atoms with van der Waals surface area (Å²) in [6, 6.07) is 3.80. The van der Waals surface area contributed by atoms with Crippen molar-refractivity contribution in [3.63, 3.8) is 0 Å². The van der Waals surface area contributed by atoms with Crippen LogP contribution in [0.3, 0.4) is 0 Å². The monoisotopic (exact) mass is 446 g/mol. The van der Waals surface area contributed by atoms with E-state index in [1.165, 1.54) is 12.1 Å². The number of hydrogen-bond acceptors (Lipinski definition) is 8. The van der Waals surface area contributed by atoms with Crippen LogP contribution in [0.1, 0.15) is 52.9 Å². The maximum absolute atomic E-state index is 13.9. The van der Waals surface area contributed by atoms with E-state index in [4.69, 9.17) is 4.74 Å². The van der Waals surface area contributed by atoms with Crippen LogP contribution < -0.4 is 16.0 Å². The number of benzene rings is 1. The number of amides is 1. The molecule has 32 heavy (non-hydrogen) atoms. The first-order chi connectivity index (χ1) is 15.1. The van der Waals surface area contributed by atoms with Crippen molar-refractivity contribution < 1.29 is 18.8 Å². The fourth-order valence-corrected chi connectivity index (χ4v) is 3.38. The number of halogens is 1. The normalized spacial score (nSPS) is 14.5. The van der Waals surface area contributed by atoms with Gasteiger partial charge in [-0.3, -0.25) is 15.4 Å². The summed E-state index contributed by atoms with van der Waals surface area (Å²) in [5, 5.41) is 20.0. The molecule has 0 spiro atoms. The molecule has 0 bridgehead atoms. The third-order valence-corrected chi connectivity index (χ3v) is 4.78. The van der Waals surface area contributed by atoms with Crippen molar-refractivity contribution in [2.75, 3.05) is 16.0 Å². The van der Waals surface area contributed by atoms with Crippen molar-refractivity contribution in [1.82, 2.24) is 9.97 Å². The Hall–Kier alpha value is -3.50. The van der Waals surface area contributed by atoms with Gasteiger partial charge in [0.15, 0.2) is 0 Å². The molecular weight excluding hydrogens is 419 g/mol. The number of nitrogens with one attached hydrogen (secondary N) is 3. The number of nitro groups is 1. The summed E-state index contributed by atoms with van der Waals surface area (Å²) < 4.78 is 19.1. The first kappa shape index (κ1) is 23.2. The smallest absolute Gasteiger partial charge is 0.412 e. The van der Waals surface area contributed by atoms with Crippen LogP contribution in [-0.4, -0.2) is 32.6 Å². The van der Waals surface area contributed by atoms with Gasteiger partial charge in [-0.1, -0.05) is 19.3 Å². The minimum Gasteiger partial charge on any atom is -0.444 e. The van der Waals surface area contributed by atoms with E-state index in [1.807, 2.05) is 0 Å². The van der Waals surface area contributed by atoms with Crippen molar-refractivity contribution in [2.24, 2.45) is 0 Å². The van der Waals surface area contributed by atoms with Crippen LogP contribution in [0, 0.1) is 15.9 Å². The maximum Gasteiger partial charge on any atom is 0.412 e. The minimum absolute atomic E-state index is 0.0201. The van der Waals surface area contributed by atoms with Crippen LogP contribution in [0.5, 0.6) is 0 Å². The largest absolute Gasteiger partial charge is 0.444 e. The molecule has 2 aromatic rings. The topological polar surface area (TPSA) is 131 Å². The number of aromatic nitrogens is 2. The van der Waals surface area contributed by atoms with Gasteiger partial charge in [-0.05, 0) is 51.8 Å². The molecule has 1 aliphatic rings. The van der Waals surface area contributed by atoms with Crippen molar-refractivity contribution in [3.05, 3.63) is 40.3 Å². The van der Waals surface area contributed by atoms with Crippen LogP contribution in [0.2, 0.25) is 0 Å². The van der Waals surface area contributed by atoms with E-state index in [9.17, 15) is 19.3 Å². The molecule has 3 rings (SSSR count). The standard InChI is InChI=1S/C21H27FN6O4/c1-21(2,3)32-20(29)26-15-10-9-13(22)11-16(15)25-19-23-12-17(28(30)31)18(27-19)24-14-7-5-4-6-8-14/h9-12,14H,4-8H2,1-3H3,(H,26,29)(H2,23,24,25,27). The summed E-state index contributed by atoms with van der Waals surface area (Å²) in [7, 11) is 0. The summed E-state index contributed by atoms with van der Waals surface area (Å²) in [6.07, 6.45) is 5.42. The lowest BCUT2D eigenvalue weighted by molar-refractivity contribution is -0.384. The number of carbonyl (C=O) groups excluding carboxylic acids is 1. The molecule has 3 N–H and O–H groups in total. The molecule has 1 aromatic carbocycles. The molecule has 1 saturated carbocycles. The Bertz CT molecular complexity index is 989. The molecule has 11 heteroatoms. The second kappa shape index (κ2) is 9.75. The van der Waals surface area contributed by atoms with Gasteiger partial charge in [0, 0.05) is 6.04 Å². The van der Waals surface area contributed by atoms with E-state index < -0.39 is 22.4 Å². The Morgan fingerprint density at radius 1 is 1.22 bits per heavy atom. The Labute approximate surface area is 185 Å². The Morgan fingerprint density at radius 3 is 2.59 bits per heavy atom. The Morgan fingerprint density at radius 2 is 1.94 bits per heavy atom. The van der Waals surface area contributed by atoms with Crippen LogP contribution in [0.4, 0.5) is 38.0 Å². The highest BCUT2D eigenvalue weighted by atomic mass is 19.1. The average Bonchev–Trinajstić information content (AvgIpc) is 2.69. The van der Waals surface area contributed by atoms with E-state index in [0.717, 1.165) is 44.4 Å². The zero-order valence-corrected chi connectivity index (χ0v) is 18.3. The molecule has 1 aromatic heterocycles. The van der Waals surface area contributed by atoms with Gasteiger partial charge in [-0.2, -0.15) is 4.98 Å². The number of nitrogens with zero attached hydrogens (tertiary/aromatic N) is 3. The lowest BCUT2D eigenvalue weighted by Gasteiger charge is -2.23. The van der Waals surface area contributed by atoms with Crippen LogP contribution in [-0.2, 0) is 4.74 Å². The number of anilines is 4. The lowest BCUT2D eigenvalue weighted by Crippen LogP contribution is -2.27. The highest BCUT2D eigenvalue weighted by molar-refractivity contribution is 5.90. The molecule has 0 unspecified atom stereocenters. The molecule has 1 fully saturated rings. The lowest BCUT2D eigenvalue weighted by atomic mass is 9.95. The van der Waals surface area contributed by atoms with Gasteiger partial charge >= 0.3 is 11.8 Å². The zero-order valence-electron chi connectivity index (χ0n) is 18.3. The zero-order chi connectivity index (χ0) is 23.3. The number of ether oxygens (including phenoxy) is 1. The van der Waals surface area contributed by atoms with Gasteiger partial charge in [0.05, 0.1) is 16.3 Å². The Kier molecular flexibility index (Phi) is 7.06. The quantitative estimate of drug-likeness (QED) is 0.399. The highest BCUT2D eigenvalue weighted by Gasteiger charge is 2.23. The van der Waals surface area contributed by atoms with Crippen molar-refractivity contribution in [2.45, 2.75) is 64.5 Å². The molecule has 0 atom stereocenters. The van der Waals surface area contributed by atoms with Crippen molar-refractivity contribution in [3.8, 4) is 0 Å². The summed E-state index contributed by atoms with van der Waals surface area (Å²) in [5.74, 6) is -0.436. The molecule has 0 saturated heterocycles. The predicted octanol–water partition coefficient (Wildman–Crippen LogP) is 5.36. The third-order valence-electron chi connectivity index (χ3n) is 4.78. The molecule has 0 aliphatic heterocycles. The van der Waals surface area contributed by atoms with Crippen molar-refractivity contribution in [1.29, 1.82) is 0 Å². The predicted molar refractivity (Wildman–Crippen MR) is 119 cm³/mol. The van der Waals surface area contributed by atoms with E-state index in [-0.39, 0.29) is 34.9 Å². The molecule has 1 aliphatic carbocycles. The number of rotatable bonds is 6. The van der Waals surface area contributed by atoms with Crippen LogP contribution in [0.15, 0.2) is 24.4 Å². The summed E-state index contributed by atoms with van der Waals surface area (Å²) >= 11 is 0. The van der Waals surface area contributed by atoms with E-state index in [1.54, 1.807) is 20.8 Å². The Balaban J connectivity index is 1.84. The second-order valence-corrected chi connectivity index (χ2v) is 8.61. The number of hydrogen-bond donors (Lipinski definition) is 3. The van der Waals surface area contributed by atoms with Crippen molar-refractivity contribution >= 4 is 34.9 Å². The first-order valence-corrected chi connectivity index (χ1v) is 10.5. The number of carbonyl (C=O) groups is 1. The molecular formula is C21H27FN6O4. The molecule has 1 heterocycles. The van der Waals surface area contributed by atoms with E-state index >= 15 is 0 Å². The SMILES string of the molecule is CC(C)(C)OC(=O)Nc1ccc(F)cc1Nc1ncc([N+](=O)[O-])c(NC2CCCCC2)n1. The van der Waals surface area contributed by atoms with Gasteiger partial charge in [0.1, 0.15) is 17.6 Å². The highest BCUT2D eigenvalue weighted by Crippen LogP contribution is 2.30. The molecule has 10 nitrogen and oxygen atoms in total. The van der Waals surface area contributed by atoms with Crippen LogP contribution >= 0.6 is 0 Å². The third kappa shape index (κ3) is 6.50. The van der Waals surface area contributed by atoms with Gasteiger partial charge in [0.2, 0.25) is 11.8 Å². The van der Waals surface area contributed by atoms with E-state index in [2.05, 4.69) is 25.9 Å². The molecule has 172 valence electrons. The summed E-state index contributed by atoms with van der Waals surface area (Å²) in [4.78, 5) is 31.3. The van der Waals surface area contributed by atoms with Gasteiger partial charge in [0.25, 0.3) is 0 Å². The van der Waals surface area contributed by atoms with E-state index in [0.29, 0.717) is 0 Å². The fourth-order valence-electron chi connectivity index (χ4n) is 3.38. The van der Waals surface area contributed by atoms with Crippen LogP contribution in [0.25, 0.3) is 0 Å². The van der Waals surface area contributed by atoms with Gasteiger partial charge < -0.3 is 15.4 Å². The fraction of sp³-hybridized carbons (Fsp3) is 0.476. The van der Waals surface area contributed by atoms with Gasteiger partial charge in [-0.25, -0.2) is 14.2 Å². The summed E-state index contributed by atoms with van der Waals surface area (Å²) in [5.41, 5.74) is -0.538. The average molecular weight is 446 g/mol. The minimum atomic E-state index is -0.712. The molecule has 0 radical (unpaired) electrons. The molecule has 1 amide bonds. The summed E-state index contributed by atoms with van der Waals surface area (Å²) in [6.45, 7) is 5.17. The second-order valence-electron chi connectivity index (χ2n) is 8.61.